The highest BCUT2D eigenvalue weighted by Crippen LogP contribution is 2.37. The van der Waals surface area contributed by atoms with Gasteiger partial charge in [-0.05, 0) is 37.6 Å². The molecule has 3 heterocycles. The van der Waals surface area contributed by atoms with Crippen LogP contribution >= 0.6 is 11.6 Å². The van der Waals surface area contributed by atoms with Crippen molar-refractivity contribution in [1.82, 2.24) is 24.9 Å². The lowest BCUT2D eigenvalue weighted by molar-refractivity contribution is -0.121. The second kappa shape index (κ2) is 9.94. The van der Waals surface area contributed by atoms with Crippen LogP contribution in [0.2, 0.25) is 5.02 Å². The average Bonchev–Trinajstić information content (AvgIpc) is 3.20. The minimum Gasteiger partial charge on any atom is -0.360 e. The number of nitrogens with zero attached hydrogens (tertiary/aromatic N) is 5. The second-order valence-corrected chi connectivity index (χ2v) is 8.33. The molecule has 13 heteroatoms. The number of hydrogen-bond acceptors (Lipinski definition) is 6. The number of hydrogen-bond donors (Lipinski definition) is 2. The van der Waals surface area contributed by atoms with E-state index in [0.717, 1.165) is 11.4 Å². The van der Waals surface area contributed by atoms with Gasteiger partial charge in [-0.3, -0.25) is 9.78 Å². The number of anilines is 1. The zero-order valence-corrected chi connectivity index (χ0v) is 19.6. The van der Waals surface area contributed by atoms with E-state index < -0.39 is 42.6 Å². The molecule has 0 aliphatic heterocycles. The van der Waals surface area contributed by atoms with Gasteiger partial charge < -0.3 is 10.6 Å². The van der Waals surface area contributed by atoms with Crippen molar-refractivity contribution < 1.29 is 22.4 Å². The molecule has 0 aliphatic rings. The summed E-state index contributed by atoms with van der Waals surface area (Å²) in [5, 5.41) is 19.5. The maximum Gasteiger partial charge on any atom is 0.283 e. The Hall–Kier alpha value is -3.98. The molecule has 36 heavy (non-hydrogen) atoms. The number of rotatable bonds is 7. The van der Waals surface area contributed by atoms with Crippen molar-refractivity contribution in [3.63, 3.8) is 0 Å². The molecule has 0 fully saturated rings. The molecule has 1 amide bonds. The number of aromatic nitrogens is 4. The number of alkyl halides is 4. The first-order valence-electron chi connectivity index (χ1n) is 10.6. The molecule has 8 nitrogen and oxygen atoms in total. The second-order valence-electron chi connectivity index (χ2n) is 7.89. The number of benzene rings is 1. The monoisotopic (exact) mass is 519 g/mol. The topological polar surface area (TPSA) is 108 Å². The predicted octanol–water partition coefficient (Wildman–Crippen LogP) is 4.90. The minimum absolute atomic E-state index is 0.0724. The van der Waals surface area contributed by atoms with E-state index >= 15 is 0 Å². The normalized spacial score (nSPS) is 12.3. The highest BCUT2D eigenvalue weighted by molar-refractivity contribution is 6.31. The summed E-state index contributed by atoms with van der Waals surface area (Å²) in [4.78, 5) is 21.0. The van der Waals surface area contributed by atoms with Gasteiger partial charge in [-0.1, -0.05) is 17.7 Å². The summed E-state index contributed by atoms with van der Waals surface area (Å²) >= 11 is 6.09. The van der Waals surface area contributed by atoms with Crippen molar-refractivity contribution in [2.45, 2.75) is 32.7 Å². The van der Waals surface area contributed by atoms with Gasteiger partial charge in [0.05, 0.1) is 23.8 Å². The van der Waals surface area contributed by atoms with E-state index in [4.69, 9.17) is 11.6 Å². The molecule has 0 unspecified atom stereocenters. The van der Waals surface area contributed by atoms with E-state index in [9.17, 15) is 27.6 Å². The molecule has 1 atom stereocenters. The number of carbonyl (C=O) groups excluding carboxylic acids is 1. The van der Waals surface area contributed by atoms with Gasteiger partial charge in [-0.2, -0.15) is 14.9 Å². The van der Waals surface area contributed by atoms with Crippen LogP contribution in [-0.4, -0.2) is 44.5 Å². The molecule has 4 rings (SSSR count). The molecule has 186 valence electrons. The minimum atomic E-state index is -3.06. The molecule has 0 radical (unpaired) electrons. The van der Waals surface area contributed by atoms with Gasteiger partial charge in [0.15, 0.2) is 5.65 Å². The number of amides is 1. The summed E-state index contributed by atoms with van der Waals surface area (Å²) in [5.74, 6) is -0.687. The van der Waals surface area contributed by atoms with Crippen molar-refractivity contribution in [2.75, 3.05) is 11.9 Å². The number of nitrogens with one attached hydrogen (secondary N) is 2. The number of halogens is 5. The molecule has 0 saturated heterocycles. The van der Waals surface area contributed by atoms with Crippen LogP contribution < -0.4 is 10.6 Å². The van der Waals surface area contributed by atoms with Crippen molar-refractivity contribution in [3.8, 4) is 17.2 Å². The fraction of sp³-hybridized carbons (Fsp3) is 0.261. The standard InChI is InChI=1S/C23H18ClF4N7O/c1-10-18(14-5-6-30-16-7-12(24)3-4-13(14)16)23(31-9-17(36)32-11(2)20(25)26)35-22(33-10)15(8-29)19(34-35)21(27)28/h3-7,11,20-21,31H,9H2,1-2H3,(H,32,36)/t11-/m0/s1. The third-order valence-corrected chi connectivity index (χ3v) is 5.68. The first-order chi connectivity index (χ1) is 17.1. The SMILES string of the molecule is Cc1nc2c(C#N)c(C(F)F)nn2c(NCC(=O)N[C@@H](C)C(F)F)c1-c1ccnc2cc(Cl)ccc12. The Kier molecular flexibility index (Phi) is 6.94. The summed E-state index contributed by atoms with van der Waals surface area (Å²) in [6.07, 6.45) is -4.31. The number of carbonyl (C=O) groups is 1. The average molecular weight is 520 g/mol. The first-order valence-corrected chi connectivity index (χ1v) is 11.0. The van der Waals surface area contributed by atoms with Crippen molar-refractivity contribution in [1.29, 1.82) is 5.26 Å². The zero-order valence-electron chi connectivity index (χ0n) is 18.9. The lowest BCUT2D eigenvalue weighted by atomic mass is 10.00. The number of fused-ring (bicyclic) bond motifs is 2. The van der Waals surface area contributed by atoms with E-state index in [2.05, 4.69) is 25.7 Å². The van der Waals surface area contributed by atoms with Gasteiger partial charge >= 0.3 is 0 Å². The quantitative estimate of drug-likeness (QED) is 0.336. The van der Waals surface area contributed by atoms with Crippen LogP contribution in [0.3, 0.4) is 0 Å². The van der Waals surface area contributed by atoms with Gasteiger partial charge in [-0.15, -0.1) is 0 Å². The van der Waals surface area contributed by atoms with Crippen LogP contribution in [0.1, 0.15) is 30.3 Å². The lowest BCUT2D eigenvalue weighted by Gasteiger charge is -2.18. The predicted molar refractivity (Wildman–Crippen MR) is 125 cm³/mol. The van der Waals surface area contributed by atoms with Gasteiger partial charge in [0.2, 0.25) is 5.91 Å². The van der Waals surface area contributed by atoms with Crippen LogP contribution in [0.25, 0.3) is 27.7 Å². The molecule has 1 aromatic carbocycles. The Morgan fingerprint density at radius 2 is 2.00 bits per heavy atom. The van der Waals surface area contributed by atoms with Crippen LogP contribution in [0, 0.1) is 18.3 Å². The van der Waals surface area contributed by atoms with Gasteiger partial charge in [0.1, 0.15) is 23.1 Å². The van der Waals surface area contributed by atoms with Crippen LogP contribution in [0.15, 0.2) is 30.5 Å². The van der Waals surface area contributed by atoms with Crippen LogP contribution in [-0.2, 0) is 4.79 Å². The Bertz CT molecular complexity index is 1520. The Balaban J connectivity index is 1.94. The third-order valence-electron chi connectivity index (χ3n) is 5.45. The number of nitriles is 1. The van der Waals surface area contributed by atoms with Gasteiger partial charge in [-0.25, -0.2) is 22.5 Å². The smallest absolute Gasteiger partial charge is 0.283 e. The van der Waals surface area contributed by atoms with E-state index in [1.165, 1.54) is 6.20 Å². The molecule has 3 aromatic heterocycles. The largest absolute Gasteiger partial charge is 0.360 e. The van der Waals surface area contributed by atoms with E-state index in [1.807, 2.05) is 0 Å². The molecule has 0 bridgehead atoms. The lowest BCUT2D eigenvalue weighted by Crippen LogP contribution is -2.40. The Labute approximate surface area is 206 Å². The third kappa shape index (κ3) is 4.61. The summed E-state index contributed by atoms with van der Waals surface area (Å²) in [6, 6.07) is 7.00. The fourth-order valence-corrected chi connectivity index (χ4v) is 3.96. The summed E-state index contributed by atoms with van der Waals surface area (Å²) in [7, 11) is 0. The molecule has 0 aliphatic carbocycles. The van der Waals surface area contributed by atoms with E-state index in [1.54, 1.807) is 37.3 Å². The van der Waals surface area contributed by atoms with Crippen molar-refractivity contribution in [2.24, 2.45) is 0 Å². The molecule has 0 saturated carbocycles. The molecule has 2 N–H and O–H groups in total. The van der Waals surface area contributed by atoms with Crippen molar-refractivity contribution >= 4 is 39.9 Å². The van der Waals surface area contributed by atoms with Gasteiger partial charge in [0, 0.05) is 22.2 Å². The van der Waals surface area contributed by atoms with Gasteiger partial charge in [0.25, 0.3) is 12.9 Å². The number of pyridine rings is 1. The molecule has 4 aromatic rings. The first kappa shape index (κ1) is 25.1. The number of aryl methyl sites for hydroxylation is 1. The summed E-state index contributed by atoms with van der Waals surface area (Å²) in [6.45, 7) is 2.28. The summed E-state index contributed by atoms with van der Waals surface area (Å²) in [5.41, 5.74) is 0.516. The van der Waals surface area contributed by atoms with Crippen LogP contribution in [0.4, 0.5) is 23.4 Å². The maximum atomic E-state index is 13.7. The fourth-order valence-electron chi connectivity index (χ4n) is 3.79. The molecular formula is C23H18ClF4N7O. The van der Waals surface area contributed by atoms with Crippen molar-refractivity contribution in [3.05, 3.63) is 52.4 Å². The summed E-state index contributed by atoms with van der Waals surface area (Å²) < 4.78 is 54.1. The van der Waals surface area contributed by atoms with E-state index in [-0.39, 0.29) is 11.5 Å². The molecular weight excluding hydrogens is 502 g/mol. The maximum absolute atomic E-state index is 13.7. The van der Waals surface area contributed by atoms with Crippen LogP contribution in [0.5, 0.6) is 0 Å². The Morgan fingerprint density at radius 1 is 1.25 bits per heavy atom. The highest BCUT2D eigenvalue weighted by Gasteiger charge is 2.27. The molecule has 0 spiro atoms. The highest BCUT2D eigenvalue weighted by atomic mass is 35.5. The van der Waals surface area contributed by atoms with E-state index in [0.29, 0.717) is 32.7 Å². The Morgan fingerprint density at radius 3 is 2.67 bits per heavy atom. The zero-order chi connectivity index (χ0) is 26.1.